The first kappa shape index (κ1) is 14.0. The lowest BCUT2D eigenvalue weighted by Gasteiger charge is -2.10. The topological polar surface area (TPSA) is 98.7 Å². The summed E-state index contributed by atoms with van der Waals surface area (Å²) in [4.78, 5) is 21.7. The van der Waals surface area contributed by atoms with Crippen molar-refractivity contribution in [1.82, 2.24) is 5.32 Å². The summed E-state index contributed by atoms with van der Waals surface area (Å²) >= 11 is 0. The van der Waals surface area contributed by atoms with Gasteiger partial charge in [-0.1, -0.05) is 6.07 Å². The summed E-state index contributed by atoms with van der Waals surface area (Å²) in [5.74, 6) is -1.37. The number of benzene rings is 1. The molecule has 0 saturated heterocycles. The highest BCUT2D eigenvalue weighted by atomic mass is 16.4. The Morgan fingerprint density at radius 2 is 1.94 bits per heavy atom. The first-order chi connectivity index (χ1) is 8.40. The number of aliphatic hydroxyl groups is 1. The van der Waals surface area contributed by atoms with Crippen LogP contribution in [0.5, 0.6) is 0 Å². The average Bonchev–Trinajstić information content (AvgIpc) is 2.30. The molecule has 2 amide bonds. The number of carboxylic acids is 1. The number of aryl methyl sites for hydroxylation is 2. The van der Waals surface area contributed by atoms with E-state index in [4.69, 9.17) is 10.2 Å². The molecule has 0 aliphatic heterocycles. The van der Waals surface area contributed by atoms with Crippen LogP contribution in [0.4, 0.5) is 10.5 Å². The van der Waals surface area contributed by atoms with Crippen molar-refractivity contribution in [1.29, 1.82) is 0 Å². The van der Waals surface area contributed by atoms with Gasteiger partial charge in [-0.3, -0.25) is 0 Å². The predicted molar refractivity (Wildman–Crippen MR) is 66.6 cm³/mol. The molecule has 18 heavy (non-hydrogen) atoms. The molecule has 1 aromatic carbocycles. The summed E-state index contributed by atoms with van der Waals surface area (Å²) in [6, 6.07) is 4.87. The Morgan fingerprint density at radius 3 is 2.50 bits per heavy atom. The van der Waals surface area contributed by atoms with Gasteiger partial charge in [-0.25, -0.2) is 9.59 Å². The molecule has 1 atom stereocenters. The minimum Gasteiger partial charge on any atom is -0.479 e. The normalized spacial score (nSPS) is 11.7. The van der Waals surface area contributed by atoms with Gasteiger partial charge in [0.25, 0.3) is 0 Å². The molecular weight excluding hydrogens is 236 g/mol. The van der Waals surface area contributed by atoms with E-state index < -0.39 is 18.1 Å². The lowest BCUT2D eigenvalue weighted by atomic mass is 10.1. The molecule has 0 heterocycles. The number of hydrogen-bond donors (Lipinski definition) is 4. The SMILES string of the molecule is Cc1ccc(NC(=O)NC[C@H](O)C(=O)O)cc1C. The molecule has 1 aromatic rings. The van der Waals surface area contributed by atoms with Gasteiger partial charge in [-0.2, -0.15) is 0 Å². The van der Waals surface area contributed by atoms with E-state index in [1.807, 2.05) is 26.0 Å². The number of carbonyl (C=O) groups is 2. The first-order valence-corrected chi connectivity index (χ1v) is 5.43. The van der Waals surface area contributed by atoms with Gasteiger partial charge < -0.3 is 20.8 Å². The lowest BCUT2D eigenvalue weighted by molar-refractivity contribution is -0.146. The number of anilines is 1. The summed E-state index contributed by atoms with van der Waals surface area (Å²) in [7, 11) is 0. The second kappa shape index (κ2) is 6.02. The molecule has 0 fully saturated rings. The molecule has 0 unspecified atom stereocenters. The highest BCUT2D eigenvalue weighted by molar-refractivity contribution is 5.89. The van der Waals surface area contributed by atoms with Gasteiger partial charge in [0.05, 0.1) is 6.54 Å². The summed E-state index contributed by atoms with van der Waals surface area (Å²) in [6.45, 7) is 3.54. The summed E-state index contributed by atoms with van der Waals surface area (Å²) in [5.41, 5.74) is 2.76. The fourth-order valence-electron chi connectivity index (χ4n) is 1.27. The predicted octanol–water partition coefficient (Wildman–Crippen LogP) is 0.870. The van der Waals surface area contributed by atoms with E-state index in [9.17, 15) is 9.59 Å². The molecule has 0 saturated carbocycles. The third-order valence-corrected chi connectivity index (χ3v) is 2.51. The quantitative estimate of drug-likeness (QED) is 0.639. The number of hydrogen-bond acceptors (Lipinski definition) is 3. The fraction of sp³-hybridized carbons (Fsp3) is 0.333. The van der Waals surface area contributed by atoms with Gasteiger partial charge >= 0.3 is 12.0 Å². The number of amides is 2. The van der Waals surface area contributed by atoms with Gasteiger partial charge in [0, 0.05) is 5.69 Å². The van der Waals surface area contributed by atoms with Gasteiger partial charge in [0.1, 0.15) is 0 Å². The van der Waals surface area contributed by atoms with Crippen LogP contribution in [0.25, 0.3) is 0 Å². The zero-order chi connectivity index (χ0) is 13.7. The molecule has 1 rings (SSSR count). The van der Waals surface area contributed by atoms with Crippen LogP contribution >= 0.6 is 0 Å². The highest BCUT2D eigenvalue weighted by Gasteiger charge is 2.13. The van der Waals surface area contributed by atoms with Crippen molar-refractivity contribution in [2.24, 2.45) is 0 Å². The van der Waals surface area contributed by atoms with E-state index in [1.165, 1.54) is 0 Å². The van der Waals surface area contributed by atoms with E-state index in [0.29, 0.717) is 5.69 Å². The second-order valence-electron chi connectivity index (χ2n) is 3.99. The van der Waals surface area contributed by atoms with Crippen LogP contribution in [0.1, 0.15) is 11.1 Å². The Bertz CT molecular complexity index is 459. The number of rotatable bonds is 4. The third-order valence-electron chi connectivity index (χ3n) is 2.51. The molecule has 0 aliphatic rings. The van der Waals surface area contributed by atoms with Crippen LogP contribution in [0, 0.1) is 13.8 Å². The third kappa shape index (κ3) is 4.06. The minimum absolute atomic E-state index is 0.341. The zero-order valence-electron chi connectivity index (χ0n) is 10.2. The molecule has 0 bridgehead atoms. The maximum atomic E-state index is 11.4. The van der Waals surface area contributed by atoms with Crippen LogP contribution in [-0.4, -0.2) is 34.9 Å². The van der Waals surface area contributed by atoms with Gasteiger partial charge in [-0.15, -0.1) is 0 Å². The number of aliphatic hydroxyl groups excluding tert-OH is 1. The standard InChI is InChI=1S/C12H16N2O4/c1-7-3-4-9(5-8(7)2)14-12(18)13-6-10(15)11(16)17/h3-5,10,15H,6H2,1-2H3,(H,16,17)(H2,13,14,18)/t10-/m0/s1. The molecule has 6 heteroatoms. The molecule has 98 valence electrons. The van der Waals surface area contributed by atoms with E-state index in [0.717, 1.165) is 11.1 Å². The number of nitrogens with one attached hydrogen (secondary N) is 2. The molecule has 6 nitrogen and oxygen atoms in total. The fourth-order valence-corrected chi connectivity index (χ4v) is 1.27. The van der Waals surface area contributed by atoms with E-state index in [2.05, 4.69) is 10.6 Å². The van der Waals surface area contributed by atoms with Crippen LogP contribution in [0.15, 0.2) is 18.2 Å². The van der Waals surface area contributed by atoms with Crippen LogP contribution in [0.2, 0.25) is 0 Å². The van der Waals surface area contributed by atoms with Crippen molar-refractivity contribution >= 4 is 17.7 Å². The summed E-state index contributed by atoms with van der Waals surface area (Å²) in [5, 5.41) is 22.2. The Morgan fingerprint density at radius 1 is 1.28 bits per heavy atom. The Balaban J connectivity index is 2.49. The van der Waals surface area contributed by atoms with Gasteiger partial charge in [-0.05, 0) is 37.1 Å². The smallest absolute Gasteiger partial charge is 0.334 e. The Hall–Kier alpha value is -2.08. The van der Waals surface area contributed by atoms with Crippen molar-refractivity contribution in [3.05, 3.63) is 29.3 Å². The van der Waals surface area contributed by atoms with Crippen LogP contribution < -0.4 is 10.6 Å². The monoisotopic (exact) mass is 252 g/mol. The lowest BCUT2D eigenvalue weighted by Crippen LogP contribution is -2.38. The minimum atomic E-state index is -1.60. The molecule has 0 aliphatic carbocycles. The van der Waals surface area contributed by atoms with Crippen molar-refractivity contribution in [3.63, 3.8) is 0 Å². The highest BCUT2D eigenvalue weighted by Crippen LogP contribution is 2.13. The zero-order valence-corrected chi connectivity index (χ0v) is 10.2. The van der Waals surface area contributed by atoms with Gasteiger partial charge in [0.2, 0.25) is 0 Å². The first-order valence-electron chi connectivity index (χ1n) is 5.43. The molecule has 0 aromatic heterocycles. The summed E-state index contributed by atoms with van der Waals surface area (Å²) in [6.07, 6.45) is -1.60. The number of carboxylic acid groups (broad SMARTS) is 1. The molecular formula is C12H16N2O4. The van der Waals surface area contributed by atoms with Crippen molar-refractivity contribution in [3.8, 4) is 0 Å². The van der Waals surface area contributed by atoms with Crippen molar-refractivity contribution < 1.29 is 19.8 Å². The largest absolute Gasteiger partial charge is 0.479 e. The summed E-state index contributed by atoms with van der Waals surface area (Å²) < 4.78 is 0. The van der Waals surface area contributed by atoms with E-state index >= 15 is 0 Å². The maximum Gasteiger partial charge on any atom is 0.334 e. The molecule has 4 N–H and O–H groups in total. The van der Waals surface area contributed by atoms with Crippen molar-refractivity contribution in [2.75, 3.05) is 11.9 Å². The number of carbonyl (C=O) groups excluding carboxylic acids is 1. The molecule has 0 radical (unpaired) electrons. The average molecular weight is 252 g/mol. The Labute approximate surface area is 105 Å². The van der Waals surface area contributed by atoms with Gasteiger partial charge in [0.15, 0.2) is 6.10 Å². The van der Waals surface area contributed by atoms with E-state index in [-0.39, 0.29) is 6.54 Å². The van der Waals surface area contributed by atoms with Crippen LogP contribution in [0.3, 0.4) is 0 Å². The van der Waals surface area contributed by atoms with E-state index in [1.54, 1.807) is 6.07 Å². The molecule has 0 spiro atoms. The number of urea groups is 1. The Kier molecular flexibility index (Phi) is 4.67. The van der Waals surface area contributed by atoms with Crippen LogP contribution in [-0.2, 0) is 4.79 Å². The second-order valence-corrected chi connectivity index (χ2v) is 3.99. The maximum absolute atomic E-state index is 11.4. The van der Waals surface area contributed by atoms with Crippen molar-refractivity contribution in [2.45, 2.75) is 20.0 Å². The number of aliphatic carboxylic acids is 1.